The second-order valence-corrected chi connectivity index (χ2v) is 7.51. The highest BCUT2D eigenvalue weighted by atomic mass is 79.9. The molecule has 112 valence electrons. The summed E-state index contributed by atoms with van der Waals surface area (Å²) in [7, 11) is 1.98. The number of rotatable bonds is 5. The molecule has 1 aromatic rings. The SMILES string of the molecule is CCc1nn(C)c(CC(O)CC2CC3CCC2C3)c1Br. The van der Waals surface area contributed by atoms with Crippen LogP contribution in [-0.2, 0) is 19.9 Å². The fourth-order valence-electron chi connectivity index (χ4n) is 4.36. The summed E-state index contributed by atoms with van der Waals surface area (Å²) in [4.78, 5) is 0. The second kappa shape index (κ2) is 5.80. The van der Waals surface area contributed by atoms with E-state index in [0.29, 0.717) is 0 Å². The Hall–Kier alpha value is -0.350. The van der Waals surface area contributed by atoms with Gasteiger partial charge in [0.25, 0.3) is 0 Å². The summed E-state index contributed by atoms with van der Waals surface area (Å²) in [6.45, 7) is 2.11. The third kappa shape index (κ3) is 2.69. The Morgan fingerprint density at radius 1 is 1.40 bits per heavy atom. The van der Waals surface area contributed by atoms with Crippen molar-refractivity contribution in [1.29, 1.82) is 0 Å². The molecule has 3 rings (SSSR count). The standard InChI is InChI=1S/C16H25BrN2O/c1-3-14-16(17)15(19(2)18-14)9-13(20)8-12-7-10-4-5-11(12)6-10/h10-13,20H,3-9H2,1-2H3. The minimum Gasteiger partial charge on any atom is -0.393 e. The first-order valence-corrected chi connectivity index (χ1v) is 8.76. The number of aliphatic hydroxyl groups excluding tert-OH is 1. The Bertz CT molecular complexity index is 485. The Labute approximate surface area is 129 Å². The summed E-state index contributed by atoms with van der Waals surface area (Å²) < 4.78 is 3.02. The van der Waals surface area contributed by atoms with E-state index in [0.717, 1.165) is 52.9 Å². The lowest BCUT2D eigenvalue weighted by molar-refractivity contribution is 0.122. The van der Waals surface area contributed by atoms with Gasteiger partial charge < -0.3 is 5.11 Å². The molecule has 2 fully saturated rings. The van der Waals surface area contributed by atoms with E-state index < -0.39 is 0 Å². The van der Waals surface area contributed by atoms with Crippen molar-refractivity contribution in [2.45, 2.75) is 58.0 Å². The number of fused-ring (bicyclic) bond motifs is 2. The van der Waals surface area contributed by atoms with Gasteiger partial charge in [0.2, 0.25) is 0 Å². The smallest absolute Gasteiger partial charge is 0.0766 e. The lowest BCUT2D eigenvalue weighted by Gasteiger charge is -2.24. The molecule has 4 unspecified atom stereocenters. The molecule has 4 atom stereocenters. The fraction of sp³-hybridized carbons (Fsp3) is 0.812. The van der Waals surface area contributed by atoms with Crippen molar-refractivity contribution in [2.75, 3.05) is 0 Å². The molecule has 1 heterocycles. The van der Waals surface area contributed by atoms with Crippen LogP contribution < -0.4 is 0 Å². The van der Waals surface area contributed by atoms with Crippen LogP contribution in [0.3, 0.4) is 0 Å². The van der Waals surface area contributed by atoms with Gasteiger partial charge in [-0.1, -0.05) is 13.3 Å². The molecule has 0 radical (unpaired) electrons. The van der Waals surface area contributed by atoms with Gasteiger partial charge in [-0.25, -0.2) is 0 Å². The van der Waals surface area contributed by atoms with Crippen LogP contribution in [0.15, 0.2) is 4.47 Å². The normalized spacial score (nSPS) is 30.1. The van der Waals surface area contributed by atoms with E-state index in [1.54, 1.807) is 0 Å². The van der Waals surface area contributed by atoms with Crippen molar-refractivity contribution in [2.24, 2.45) is 24.8 Å². The van der Waals surface area contributed by atoms with Crippen molar-refractivity contribution in [3.8, 4) is 0 Å². The third-order valence-electron chi connectivity index (χ3n) is 5.39. The summed E-state index contributed by atoms with van der Waals surface area (Å²) in [6.07, 6.45) is 8.01. The predicted molar refractivity (Wildman–Crippen MR) is 83.6 cm³/mol. The zero-order valence-corrected chi connectivity index (χ0v) is 14.1. The third-order valence-corrected chi connectivity index (χ3v) is 6.31. The summed E-state index contributed by atoms with van der Waals surface area (Å²) in [5.41, 5.74) is 2.23. The van der Waals surface area contributed by atoms with Crippen LogP contribution in [0.2, 0.25) is 0 Å². The minimum absolute atomic E-state index is 0.226. The van der Waals surface area contributed by atoms with E-state index in [1.807, 2.05) is 11.7 Å². The summed E-state index contributed by atoms with van der Waals surface area (Å²) in [6, 6.07) is 0. The zero-order chi connectivity index (χ0) is 14.3. The summed E-state index contributed by atoms with van der Waals surface area (Å²) in [5, 5.41) is 15.0. The first-order chi connectivity index (χ1) is 9.58. The minimum atomic E-state index is -0.226. The number of nitrogens with zero attached hydrogens (tertiary/aromatic N) is 2. The molecule has 3 nitrogen and oxygen atoms in total. The van der Waals surface area contributed by atoms with E-state index >= 15 is 0 Å². The zero-order valence-electron chi connectivity index (χ0n) is 12.5. The summed E-state index contributed by atoms with van der Waals surface area (Å²) >= 11 is 3.64. The molecule has 1 N–H and O–H groups in total. The van der Waals surface area contributed by atoms with Gasteiger partial charge in [0, 0.05) is 13.5 Å². The highest BCUT2D eigenvalue weighted by molar-refractivity contribution is 9.10. The van der Waals surface area contributed by atoms with Crippen molar-refractivity contribution in [3.63, 3.8) is 0 Å². The first kappa shape index (κ1) is 14.6. The van der Waals surface area contributed by atoms with Crippen LogP contribution in [0.4, 0.5) is 0 Å². The number of hydrogen-bond donors (Lipinski definition) is 1. The van der Waals surface area contributed by atoms with Gasteiger partial charge in [0.15, 0.2) is 0 Å². The molecular formula is C16H25BrN2O. The van der Waals surface area contributed by atoms with Crippen molar-refractivity contribution in [3.05, 3.63) is 15.9 Å². The molecule has 0 saturated heterocycles. The maximum atomic E-state index is 10.5. The van der Waals surface area contributed by atoms with Gasteiger partial charge in [0.1, 0.15) is 0 Å². The predicted octanol–water partition coefficient (Wildman–Crippen LogP) is 3.47. The molecule has 20 heavy (non-hydrogen) atoms. The van der Waals surface area contributed by atoms with Crippen LogP contribution >= 0.6 is 15.9 Å². The molecule has 4 heteroatoms. The average molecular weight is 341 g/mol. The van der Waals surface area contributed by atoms with Crippen LogP contribution in [0, 0.1) is 17.8 Å². The Balaban J connectivity index is 1.61. The molecule has 2 aliphatic carbocycles. The molecule has 0 aromatic carbocycles. The molecule has 2 aliphatic rings. The Morgan fingerprint density at radius 2 is 2.20 bits per heavy atom. The van der Waals surface area contributed by atoms with Gasteiger partial charge >= 0.3 is 0 Å². The topological polar surface area (TPSA) is 38.0 Å². The molecular weight excluding hydrogens is 316 g/mol. The van der Waals surface area contributed by atoms with Gasteiger partial charge in [0.05, 0.1) is 22.0 Å². The Kier molecular flexibility index (Phi) is 4.23. The van der Waals surface area contributed by atoms with Gasteiger partial charge in [-0.05, 0) is 65.8 Å². The molecule has 0 amide bonds. The van der Waals surface area contributed by atoms with Crippen molar-refractivity contribution < 1.29 is 5.11 Å². The van der Waals surface area contributed by atoms with Gasteiger partial charge in [-0.2, -0.15) is 5.10 Å². The van der Waals surface area contributed by atoms with Crippen LogP contribution in [0.1, 0.15) is 50.4 Å². The highest BCUT2D eigenvalue weighted by Crippen LogP contribution is 2.50. The van der Waals surface area contributed by atoms with Gasteiger partial charge in [-0.3, -0.25) is 4.68 Å². The highest BCUT2D eigenvalue weighted by Gasteiger charge is 2.40. The van der Waals surface area contributed by atoms with E-state index in [1.165, 1.54) is 25.7 Å². The molecule has 0 spiro atoms. The van der Waals surface area contributed by atoms with Crippen LogP contribution in [0.25, 0.3) is 0 Å². The lowest BCUT2D eigenvalue weighted by atomic mass is 9.84. The van der Waals surface area contributed by atoms with E-state index in [-0.39, 0.29) is 6.10 Å². The number of aliphatic hydroxyl groups is 1. The largest absolute Gasteiger partial charge is 0.393 e. The molecule has 0 aliphatic heterocycles. The molecule has 1 aromatic heterocycles. The quantitative estimate of drug-likeness (QED) is 0.891. The Morgan fingerprint density at radius 3 is 2.75 bits per heavy atom. The maximum Gasteiger partial charge on any atom is 0.0766 e. The van der Waals surface area contributed by atoms with Crippen LogP contribution in [-0.4, -0.2) is 21.0 Å². The van der Waals surface area contributed by atoms with Crippen LogP contribution in [0.5, 0.6) is 0 Å². The van der Waals surface area contributed by atoms with E-state index in [9.17, 15) is 5.11 Å². The van der Waals surface area contributed by atoms with Gasteiger partial charge in [-0.15, -0.1) is 0 Å². The monoisotopic (exact) mass is 340 g/mol. The number of aromatic nitrogens is 2. The number of hydrogen-bond acceptors (Lipinski definition) is 2. The average Bonchev–Trinajstić information content (AvgIpc) is 3.09. The van der Waals surface area contributed by atoms with E-state index in [4.69, 9.17) is 0 Å². The second-order valence-electron chi connectivity index (χ2n) is 6.71. The van der Waals surface area contributed by atoms with Crippen molar-refractivity contribution >= 4 is 15.9 Å². The maximum absolute atomic E-state index is 10.5. The first-order valence-electron chi connectivity index (χ1n) is 7.96. The fourth-order valence-corrected chi connectivity index (χ4v) is 5.14. The molecule has 2 bridgehead atoms. The lowest BCUT2D eigenvalue weighted by Crippen LogP contribution is -2.21. The number of halogens is 1. The number of aryl methyl sites for hydroxylation is 2. The van der Waals surface area contributed by atoms with E-state index in [2.05, 4.69) is 28.0 Å². The van der Waals surface area contributed by atoms with Crippen molar-refractivity contribution in [1.82, 2.24) is 9.78 Å². The molecule has 2 saturated carbocycles. The summed E-state index contributed by atoms with van der Waals surface area (Å²) in [5.74, 6) is 2.63.